The lowest BCUT2D eigenvalue weighted by Gasteiger charge is -2.33. The maximum atomic E-state index is 14.7. The minimum Gasteiger partial charge on any atom is -0.486 e. The van der Waals surface area contributed by atoms with E-state index in [0.29, 0.717) is 15.4 Å². The smallest absolute Gasteiger partial charge is 0.332 e. The molecular weight excluding hydrogens is 606 g/mol. The molecule has 0 saturated carbocycles. The summed E-state index contributed by atoms with van der Waals surface area (Å²) in [4.78, 5) is 60.0. The van der Waals surface area contributed by atoms with Crippen LogP contribution in [-0.4, -0.2) is 46.5 Å². The number of pyridine rings is 1. The van der Waals surface area contributed by atoms with E-state index < -0.39 is 46.7 Å². The summed E-state index contributed by atoms with van der Waals surface area (Å²) in [5.74, 6) is -4.57. The summed E-state index contributed by atoms with van der Waals surface area (Å²) in [6, 6.07) is 16.1. The summed E-state index contributed by atoms with van der Waals surface area (Å²) in [5.41, 5.74) is -4.15. The normalized spacial score (nSPS) is 12.0. The number of ketones is 1. The Morgan fingerprint density at radius 1 is 0.833 bits per heavy atom. The predicted octanol–water partition coefficient (Wildman–Crippen LogP) is 6.38. The molecule has 0 amide bonds. The predicted molar refractivity (Wildman–Crippen MR) is 160 cm³/mol. The molecule has 1 heterocycles. The number of nitrogens with zero attached hydrogens (tertiary/aromatic N) is 1. The Kier molecular flexibility index (Phi) is 10.1. The molecule has 224 valence electrons. The van der Waals surface area contributed by atoms with Gasteiger partial charge in [-0.1, -0.05) is 52.3 Å². The van der Waals surface area contributed by atoms with E-state index in [1.165, 1.54) is 0 Å². The highest BCUT2D eigenvalue weighted by Gasteiger charge is 2.60. The van der Waals surface area contributed by atoms with Gasteiger partial charge in [-0.25, -0.2) is 4.98 Å². The number of aromatic nitrogens is 1. The first-order chi connectivity index (χ1) is 19.6. The first-order valence-electron chi connectivity index (χ1n) is 13.5. The average molecular weight is 643 g/mol. The third-order valence-electron chi connectivity index (χ3n) is 5.79. The molecule has 0 N–H and O–H groups in total. The van der Waals surface area contributed by atoms with Gasteiger partial charge in [-0.2, -0.15) is 0 Å². The van der Waals surface area contributed by atoms with Gasteiger partial charge in [0.1, 0.15) is 23.6 Å². The van der Waals surface area contributed by atoms with Gasteiger partial charge in [-0.15, -0.1) is 0 Å². The van der Waals surface area contributed by atoms with E-state index in [9.17, 15) is 19.2 Å². The van der Waals surface area contributed by atoms with Crippen LogP contribution in [0.1, 0.15) is 70.9 Å². The van der Waals surface area contributed by atoms with Crippen LogP contribution in [0.2, 0.25) is 0 Å². The Hall–Kier alpha value is -3.79. The van der Waals surface area contributed by atoms with E-state index in [1.807, 2.05) is 30.3 Å². The highest BCUT2D eigenvalue weighted by molar-refractivity contribution is 9.10. The largest absolute Gasteiger partial charge is 0.486 e. The number of benzene rings is 2. The summed E-state index contributed by atoms with van der Waals surface area (Å²) in [5, 5.41) is 0.642. The Bertz CT molecular complexity index is 1440. The van der Waals surface area contributed by atoms with Crippen molar-refractivity contribution in [1.29, 1.82) is 0 Å². The molecule has 0 spiro atoms. The first-order valence-corrected chi connectivity index (χ1v) is 14.3. The molecule has 3 rings (SSSR count). The molecule has 42 heavy (non-hydrogen) atoms. The molecule has 9 nitrogen and oxygen atoms in total. The van der Waals surface area contributed by atoms with Crippen molar-refractivity contribution in [2.24, 2.45) is 5.41 Å². The molecule has 0 atom stereocenters. The van der Waals surface area contributed by atoms with Crippen LogP contribution in [0.4, 0.5) is 0 Å². The van der Waals surface area contributed by atoms with Crippen molar-refractivity contribution in [3.8, 4) is 5.75 Å². The number of fused-ring (bicyclic) bond motifs is 1. The van der Waals surface area contributed by atoms with E-state index in [4.69, 9.17) is 18.9 Å². The van der Waals surface area contributed by atoms with Crippen molar-refractivity contribution in [2.45, 2.75) is 72.7 Å². The summed E-state index contributed by atoms with van der Waals surface area (Å²) in [6.45, 7) is 11.1. The van der Waals surface area contributed by atoms with Crippen molar-refractivity contribution in [3.63, 3.8) is 0 Å². The number of carbonyl (C=O) groups excluding carboxylic acids is 4. The molecule has 0 unspecified atom stereocenters. The van der Waals surface area contributed by atoms with Crippen molar-refractivity contribution >= 4 is 50.5 Å². The zero-order valence-electron chi connectivity index (χ0n) is 24.9. The van der Waals surface area contributed by atoms with Crippen molar-refractivity contribution < 1.29 is 38.1 Å². The van der Waals surface area contributed by atoms with E-state index in [-0.39, 0.29) is 24.7 Å². The Balaban J connectivity index is 2.30. The van der Waals surface area contributed by atoms with E-state index in [2.05, 4.69) is 20.9 Å². The fourth-order valence-electron chi connectivity index (χ4n) is 3.98. The van der Waals surface area contributed by atoms with Crippen LogP contribution < -0.4 is 4.74 Å². The summed E-state index contributed by atoms with van der Waals surface area (Å²) >= 11 is 3.41. The number of rotatable bonds is 10. The summed E-state index contributed by atoms with van der Waals surface area (Å²) in [6.07, 6.45) is -0.959. The van der Waals surface area contributed by atoms with Crippen molar-refractivity contribution in [2.75, 3.05) is 6.61 Å². The lowest BCUT2D eigenvalue weighted by Crippen LogP contribution is -2.53. The second kappa shape index (κ2) is 13.0. The van der Waals surface area contributed by atoms with Crippen LogP contribution in [0.15, 0.2) is 59.1 Å². The quantitative estimate of drug-likeness (QED) is 0.107. The van der Waals surface area contributed by atoms with E-state index >= 15 is 0 Å². The molecular formula is C32H36BrNO8. The van der Waals surface area contributed by atoms with Crippen LogP contribution in [0.3, 0.4) is 0 Å². The molecule has 0 aliphatic carbocycles. The SMILES string of the molecule is CCOC(=O)CC(C(=O)OC(C)(C)C)(C(=O)OC(C)(C)C)C(=O)c1nc2cc(Br)ccc2cc1OCc1ccccc1. The Labute approximate surface area is 254 Å². The maximum absolute atomic E-state index is 14.7. The lowest BCUT2D eigenvalue weighted by atomic mass is 9.77. The fraction of sp³-hybridized carbons (Fsp3) is 0.406. The number of hydrogen-bond donors (Lipinski definition) is 0. The standard InChI is InChI=1S/C32H36BrNO8/c1-8-39-25(35)18-32(28(37)41-30(2,3)4,29(38)42-31(5,6)7)27(36)26-24(40-19-20-12-10-9-11-13-20)16-21-14-15-22(33)17-23(21)34-26/h9-17H,8,18-19H2,1-7H3. The van der Waals surface area contributed by atoms with Gasteiger partial charge in [0, 0.05) is 9.86 Å². The van der Waals surface area contributed by atoms with Gasteiger partial charge in [0.2, 0.25) is 11.2 Å². The number of carbonyl (C=O) groups is 4. The number of ether oxygens (including phenoxy) is 4. The average Bonchev–Trinajstić information content (AvgIpc) is 2.88. The third kappa shape index (κ3) is 8.15. The minimum atomic E-state index is -2.77. The lowest BCUT2D eigenvalue weighted by molar-refractivity contribution is -0.184. The van der Waals surface area contributed by atoms with Gasteiger partial charge in [0.05, 0.1) is 18.5 Å². The van der Waals surface area contributed by atoms with Crippen LogP contribution in [-0.2, 0) is 35.2 Å². The zero-order valence-corrected chi connectivity index (χ0v) is 26.5. The molecule has 0 fully saturated rings. The number of esters is 3. The zero-order chi connectivity index (χ0) is 31.3. The van der Waals surface area contributed by atoms with Crippen molar-refractivity contribution in [1.82, 2.24) is 4.98 Å². The second-order valence-corrected chi connectivity index (χ2v) is 12.6. The van der Waals surface area contributed by atoms with Gasteiger partial charge in [0.25, 0.3) is 0 Å². The van der Waals surface area contributed by atoms with Crippen LogP contribution in [0, 0.1) is 5.41 Å². The molecule has 0 aliphatic rings. The van der Waals surface area contributed by atoms with Crippen LogP contribution in [0.25, 0.3) is 10.9 Å². The third-order valence-corrected chi connectivity index (χ3v) is 6.29. The molecule has 0 bridgehead atoms. The van der Waals surface area contributed by atoms with E-state index in [1.54, 1.807) is 72.7 Å². The summed E-state index contributed by atoms with van der Waals surface area (Å²) < 4.78 is 23.1. The monoisotopic (exact) mass is 641 g/mol. The highest BCUT2D eigenvalue weighted by Crippen LogP contribution is 2.38. The first kappa shape index (κ1) is 32.7. The molecule has 0 aliphatic heterocycles. The molecule has 0 radical (unpaired) electrons. The van der Waals surface area contributed by atoms with Gasteiger partial charge < -0.3 is 18.9 Å². The van der Waals surface area contributed by atoms with Crippen molar-refractivity contribution in [3.05, 3.63) is 70.3 Å². The van der Waals surface area contributed by atoms with E-state index in [0.717, 1.165) is 5.56 Å². The topological polar surface area (TPSA) is 118 Å². The molecule has 10 heteroatoms. The minimum absolute atomic E-state index is 0.0130. The van der Waals surface area contributed by atoms with Gasteiger partial charge in [-0.05, 0) is 72.2 Å². The summed E-state index contributed by atoms with van der Waals surface area (Å²) in [7, 11) is 0. The number of Topliss-reactive ketones (excluding diaryl/α,β-unsaturated/α-hetero) is 1. The molecule has 0 saturated heterocycles. The Morgan fingerprint density at radius 2 is 1.43 bits per heavy atom. The molecule has 3 aromatic rings. The number of halogens is 1. The van der Waals surface area contributed by atoms with Crippen LogP contribution >= 0.6 is 15.9 Å². The molecule has 1 aromatic heterocycles. The molecule has 2 aromatic carbocycles. The highest BCUT2D eigenvalue weighted by atomic mass is 79.9. The van der Waals surface area contributed by atoms with Gasteiger partial charge in [0.15, 0.2) is 5.69 Å². The Morgan fingerprint density at radius 3 is 1.98 bits per heavy atom. The number of hydrogen-bond acceptors (Lipinski definition) is 9. The second-order valence-electron chi connectivity index (χ2n) is 11.7. The fourth-order valence-corrected chi connectivity index (χ4v) is 4.33. The maximum Gasteiger partial charge on any atom is 0.332 e. The van der Waals surface area contributed by atoms with Crippen LogP contribution in [0.5, 0.6) is 5.75 Å². The van der Waals surface area contributed by atoms with Gasteiger partial charge >= 0.3 is 17.9 Å². The van der Waals surface area contributed by atoms with Gasteiger partial charge in [-0.3, -0.25) is 19.2 Å².